The van der Waals surface area contributed by atoms with Gasteiger partial charge >= 0.3 is 0 Å². The molecule has 1 amide bonds. The van der Waals surface area contributed by atoms with E-state index in [0.29, 0.717) is 16.8 Å². The number of rotatable bonds is 8. The predicted molar refractivity (Wildman–Crippen MR) is 120 cm³/mol. The molecule has 0 fully saturated rings. The van der Waals surface area contributed by atoms with Gasteiger partial charge < -0.3 is 5.32 Å². The van der Waals surface area contributed by atoms with Crippen LogP contribution in [0.1, 0.15) is 0 Å². The van der Waals surface area contributed by atoms with Crippen molar-refractivity contribution in [1.29, 1.82) is 0 Å². The van der Waals surface area contributed by atoms with Crippen LogP contribution in [0.25, 0.3) is 22.0 Å². The molecule has 0 aliphatic heterocycles. The molecule has 1 N–H and O–H groups in total. The van der Waals surface area contributed by atoms with Crippen LogP contribution in [0.5, 0.6) is 0 Å². The van der Waals surface area contributed by atoms with Crippen LogP contribution in [-0.2, 0) is 11.3 Å². The number of aromatic nitrogens is 4. The Bertz CT molecular complexity index is 1100. The first kappa shape index (κ1) is 19.6. The number of thiophene rings is 1. The minimum Gasteiger partial charge on any atom is -0.301 e. The second-order valence-corrected chi connectivity index (χ2v) is 8.67. The topological polar surface area (TPSA) is 72.7 Å². The highest BCUT2D eigenvalue weighted by atomic mass is 32.2. The highest BCUT2D eigenvalue weighted by molar-refractivity contribution is 7.99. The minimum absolute atomic E-state index is 0.130. The molecular formula is C20H17N5OS3. The number of carbonyl (C=O) groups is 1. The number of hydrogen-bond acceptors (Lipinski definition) is 7. The zero-order chi connectivity index (χ0) is 20.1. The van der Waals surface area contributed by atoms with E-state index in [9.17, 15) is 4.79 Å². The number of amides is 1. The predicted octanol–water partition coefficient (Wildman–Crippen LogP) is 5.05. The summed E-state index contributed by atoms with van der Waals surface area (Å²) in [4.78, 5) is 17.9. The zero-order valence-electron chi connectivity index (χ0n) is 15.3. The van der Waals surface area contributed by atoms with E-state index >= 15 is 0 Å². The molecule has 3 aromatic heterocycles. The Morgan fingerprint density at radius 2 is 2.03 bits per heavy atom. The van der Waals surface area contributed by atoms with Crippen LogP contribution in [0, 0.1) is 0 Å². The van der Waals surface area contributed by atoms with Crippen LogP contribution in [0.2, 0.25) is 0 Å². The number of allylic oxidation sites excluding steroid dienone is 1. The summed E-state index contributed by atoms with van der Waals surface area (Å²) in [5.74, 6) is 0.880. The van der Waals surface area contributed by atoms with Crippen LogP contribution in [0.15, 0.2) is 71.0 Å². The molecule has 0 unspecified atom stereocenters. The molecule has 0 saturated carbocycles. The van der Waals surface area contributed by atoms with Crippen molar-refractivity contribution in [1.82, 2.24) is 19.7 Å². The molecule has 1 aromatic carbocycles. The SMILES string of the molecule is C=CCn1c(SCC(=O)Nc2nc(-c3ccccc3)cs2)nnc1-c1cccs1. The number of carbonyl (C=O) groups excluding carboxylic acids is 1. The van der Waals surface area contributed by atoms with Crippen molar-refractivity contribution in [2.45, 2.75) is 11.7 Å². The number of nitrogens with zero attached hydrogens (tertiary/aromatic N) is 4. The van der Waals surface area contributed by atoms with Gasteiger partial charge in [0.25, 0.3) is 0 Å². The van der Waals surface area contributed by atoms with Crippen LogP contribution in [-0.4, -0.2) is 31.4 Å². The van der Waals surface area contributed by atoms with E-state index in [1.165, 1.54) is 23.1 Å². The lowest BCUT2D eigenvalue weighted by Crippen LogP contribution is -2.14. The normalized spacial score (nSPS) is 10.8. The third-order valence-corrected chi connectivity index (χ3v) is 6.51. The fourth-order valence-corrected chi connectivity index (χ4v) is 4.84. The summed E-state index contributed by atoms with van der Waals surface area (Å²) in [5, 5.41) is 16.6. The Morgan fingerprint density at radius 1 is 1.17 bits per heavy atom. The lowest BCUT2D eigenvalue weighted by molar-refractivity contribution is -0.113. The molecule has 0 aliphatic rings. The van der Waals surface area contributed by atoms with Crippen LogP contribution < -0.4 is 5.32 Å². The third kappa shape index (κ3) is 4.64. The average Bonchev–Trinajstić information content (AvgIpc) is 3.49. The number of hydrogen-bond donors (Lipinski definition) is 1. The van der Waals surface area contributed by atoms with Gasteiger partial charge in [-0.15, -0.1) is 39.4 Å². The van der Waals surface area contributed by atoms with Gasteiger partial charge in [-0.05, 0) is 11.4 Å². The molecule has 3 heterocycles. The second kappa shape index (κ2) is 9.17. The molecule has 29 heavy (non-hydrogen) atoms. The molecule has 0 bridgehead atoms. The first-order chi connectivity index (χ1) is 14.2. The molecule has 0 atom stereocenters. The number of thiazole rings is 1. The first-order valence-corrected chi connectivity index (χ1v) is 11.5. The first-order valence-electron chi connectivity index (χ1n) is 8.76. The summed E-state index contributed by atoms with van der Waals surface area (Å²) >= 11 is 4.36. The molecule has 9 heteroatoms. The molecule has 146 valence electrons. The molecule has 6 nitrogen and oxygen atoms in total. The fraction of sp³-hybridized carbons (Fsp3) is 0.100. The van der Waals surface area contributed by atoms with Crippen molar-refractivity contribution in [3.8, 4) is 22.0 Å². The molecular weight excluding hydrogens is 422 g/mol. The summed E-state index contributed by atoms with van der Waals surface area (Å²) < 4.78 is 1.97. The summed E-state index contributed by atoms with van der Waals surface area (Å²) in [6.07, 6.45) is 1.80. The molecule has 4 aromatic rings. The van der Waals surface area contributed by atoms with Crippen molar-refractivity contribution in [2.24, 2.45) is 0 Å². The summed E-state index contributed by atoms with van der Waals surface area (Å²) in [7, 11) is 0. The van der Waals surface area contributed by atoms with Crippen molar-refractivity contribution < 1.29 is 4.79 Å². The lowest BCUT2D eigenvalue weighted by Gasteiger charge is -2.06. The highest BCUT2D eigenvalue weighted by Crippen LogP contribution is 2.28. The largest absolute Gasteiger partial charge is 0.301 e. The van der Waals surface area contributed by atoms with Crippen molar-refractivity contribution in [3.05, 3.63) is 65.9 Å². The van der Waals surface area contributed by atoms with Crippen molar-refractivity contribution in [3.63, 3.8) is 0 Å². The van der Waals surface area contributed by atoms with Gasteiger partial charge in [-0.25, -0.2) is 4.98 Å². The number of nitrogens with one attached hydrogen (secondary N) is 1. The van der Waals surface area contributed by atoms with Gasteiger partial charge in [0.1, 0.15) is 0 Å². The van der Waals surface area contributed by atoms with Crippen LogP contribution in [0.4, 0.5) is 5.13 Å². The molecule has 0 radical (unpaired) electrons. The maximum Gasteiger partial charge on any atom is 0.236 e. The summed E-state index contributed by atoms with van der Waals surface area (Å²) in [6, 6.07) is 13.9. The Balaban J connectivity index is 1.40. The van der Waals surface area contributed by atoms with Crippen LogP contribution in [0.3, 0.4) is 0 Å². The monoisotopic (exact) mass is 439 g/mol. The van der Waals surface area contributed by atoms with E-state index in [0.717, 1.165) is 22.0 Å². The van der Waals surface area contributed by atoms with Gasteiger partial charge in [-0.2, -0.15) is 0 Å². The Morgan fingerprint density at radius 3 is 2.79 bits per heavy atom. The quantitative estimate of drug-likeness (QED) is 0.307. The zero-order valence-corrected chi connectivity index (χ0v) is 17.8. The molecule has 4 rings (SSSR count). The Labute approximate surface area is 180 Å². The number of anilines is 1. The van der Waals surface area contributed by atoms with E-state index < -0.39 is 0 Å². The fourth-order valence-electron chi connectivity index (χ4n) is 2.64. The van der Waals surface area contributed by atoms with E-state index in [1.807, 2.05) is 57.8 Å². The highest BCUT2D eigenvalue weighted by Gasteiger charge is 2.16. The Hall–Kier alpha value is -2.75. The third-order valence-electron chi connectivity index (χ3n) is 3.92. The van der Waals surface area contributed by atoms with Gasteiger partial charge in [-0.3, -0.25) is 9.36 Å². The van der Waals surface area contributed by atoms with E-state index in [4.69, 9.17) is 0 Å². The smallest absolute Gasteiger partial charge is 0.236 e. The standard InChI is InChI=1S/C20H17N5OS3/c1-2-10-25-18(16-9-6-11-27-16)23-24-20(25)29-13-17(26)22-19-21-15(12-28-19)14-7-4-3-5-8-14/h2-9,11-12H,1,10,13H2,(H,21,22,26). The minimum atomic E-state index is -0.130. The average molecular weight is 440 g/mol. The second-order valence-electron chi connectivity index (χ2n) is 5.92. The molecule has 0 spiro atoms. The lowest BCUT2D eigenvalue weighted by atomic mass is 10.2. The molecule has 0 aliphatic carbocycles. The number of thioether (sulfide) groups is 1. The molecule has 0 saturated heterocycles. The Kier molecular flexibility index (Phi) is 6.18. The van der Waals surface area contributed by atoms with Gasteiger partial charge in [0.2, 0.25) is 5.91 Å². The van der Waals surface area contributed by atoms with Gasteiger partial charge in [-0.1, -0.05) is 54.2 Å². The van der Waals surface area contributed by atoms with Crippen molar-refractivity contribution in [2.75, 3.05) is 11.1 Å². The van der Waals surface area contributed by atoms with E-state index in [1.54, 1.807) is 17.4 Å². The maximum atomic E-state index is 12.4. The maximum absolute atomic E-state index is 12.4. The van der Waals surface area contributed by atoms with E-state index in [-0.39, 0.29) is 11.7 Å². The number of benzene rings is 1. The van der Waals surface area contributed by atoms with Gasteiger partial charge in [0.15, 0.2) is 16.1 Å². The summed E-state index contributed by atoms with van der Waals surface area (Å²) in [5.41, 5.74) is 1.88. The van der Waals surface area contributed by atoms with E-state index in [2.05, 4.69) is 27.1 Å². The van der Waals surface area contributed by atoms with Crippen LogP contribution >= 0.6 is 34.4 Å². The van der Waals surface area contributed by atoms with Gasteiger partial charge in [0.05, 0.1) is 16.3 Å². The summed E-state index contributed by atoms with van der Waals surface area (Å²) in [6.45, 7) is 4.39. The van der Waals surface area contributed by atoms with Crippen molar-refractivity contribution >= 4 is 45.5 Å². The van der Waals surface area contributed by atoms with Gasteiger partial charge in [0, 0.05) is 17.5 Å².